The number of aromatic amines is 1. The van der Waals surface area contributed by atoms with Crippen LogP contribution in [0.3, 0.4) is 0 Å². The fourth-order valence-corrected chi connectivity index (χ4v) is 1.79. The van der Waals surface area contributed by atoms with E-state index in [0.29, 0.717) is 22.8 Å². The summed E-state index contributed by atoms with van der Waals surface area (Å²) >= 11 is 9.18. The molecule has 0 saturated carbocycles. The van der Waals surface area contributed by atoms with Gasteiger partial charge >= 0.3 is 0 Å². The predicted octanol–water partition coefficient (Wildman–Crippen LogP) is 2.91. The van der Waals surface area contributed by atoms with Crippen LogP contribution in [0, 0.1) is 0 Å². The Balaban J connectivity index is 0.000000178. The molecular weight excluding hydrogens is 346 g/mol. The van der Waals surface area contributed by atoms with E-state index < -0.39 is 0 Å². The lowest BCUT2D eigenvalue weighted by Crippen LogP contribution is -1.98. The summed E-state index contributed by atoms with van der Waals surface area (Å²) in [6.45, 7) is 0. The summed E-state index contributed by atoms with van der Waals surface area (Å²) in [7, 11) is 0. The summed E-state index contributed by atoms with van der Waals surface area (Å²) < 4.78 is 2.38. The van der Waals surface area contributed by atoms with Gasteiger partial charge in [-0.1, -0.05) is 11.6 Å². The molecule has 0 saturated heterocycles. The standard InChI is InChI=1S/C8H5BrClN3.C4H4N2O/c9-7-3-5-13(12-7)8-6(10)2-1-4-11-8;7-2-4-1-5-3-6-4/h1-5H;1-3H,(H,5,6). The highest BCUT2D eigenvalue weighted by molar-refractivity contribution is 9.10. The first-order valence-electron chi connectivity index (χ1n) is 5.46. The Hall–Kier alpha value is -1.99. The number of imidazole rings is 1. The number of pyridine rings is 1. The van der Waals surface area contributed by atoms with Crippen LogP contribution in [0.1, 0.15) is 10.5 Å². The molecule has 3 heterocycles. The Morgan fingerprint density at radius 1 is 1.40 bits per heavy atom. The van der Waals surface area contributed by atoms with Gasteiger partial charge in [-0.05, 0) is 34.1 Å². The third-order valence-corrected chi connectivity index (χ3v) is 2.88. The maximum Gasteiger partial charge on any atom is 0.172 e. The summed E-state index contributed by atoms with van der Waals surface area (Å²) in [5.74, 6) is 0.634. The van der Waals surface area contributed by atoms with Crippen LogP contribution < -0.4 is 0 Å². The second kappa shape index (κ2) is 6.97. The number of hydrogen-bond acceptors (Lipinski definition) is 4. The zero-order valence-electron chi connectivity index (χ0n) is 10.1. The molecule has 0 atom stereocenters. The summed E-state index contributed by atoms with van der Waals surface area (Å²) in [4.78, 5) is 20.1. The molecule has 0 aromatic carbocycles. The van der Waals surface area contributed by atoms with Crippen molar-refractivity contribution in [3.63, 3.8) is 0 Å². The molecule has 0 aliphatic heterocycles. The number of hydrogen-bond donors (Lipinski definition) is 1. The minimum absolute atomic E-state index is 0.514. The molecule has 0 aliphatic rings. The van der Waals surface area contributed by atoms with E-state index in [1.165, 1.54) is 12.5 Å². The molecule has 102 valence electrons. The van der Waals surface area contributed by atoms with Crippen LogP contribution in [0.4, 0.5) is 0 Å². The van der Waals surface area contributed by atoms with E-state index in [-0.39, 0.29) is 0 Å². The molecular formula is C12H9BrClN5O. The van der Waals surface area contributed by atoms with Crippen LogP contribution >= 0.6 is 27.5 Å². The third kappa shape index (κ3) is 3.75. The lowest BCUT2D eigenvalue weighted by atomic mass is 10.4. The van der Waals surface area contributed by atoms with Crippen molar-refractivity contribution in [1.29, 1.82) is 0 Å². The average molecular weight is 355 g/mol. The molecule has 0 fully saturated rings. The van der Waals surface area contributed by atoms with Gasteiger partial charge in [0.25, 0.3) is 0 Å². The first-order chi connectivity index (χ1) is 9.70. The van der Waals surface area contributed by atoms with Crippen LogP contribution in [0.5, 0.6) is 0 Å². The van der Waals surface area contributed by atoms with Gasteiger partial charge in [-0.15, -0.1) is 0 Å². The van der Waals surface area contributed by atoms with Crippen LogP contribution in [-0.4, -0.2) is 31.0 Å². The van der Waals surface area contributed by atoms with E-state index in [1.807, 2.05) is 6.07 Å². The molecule has 0 amide bonds. The number of aldehydes is 1. The van der Waals surface area contributed by atoms with Crippen molar-refractivity contribution in [3.05, 3.63) is 58.4 Å². The Morgan fingerprint density at radius 3 is 2.75 bits per heavy atom. The van der Waals surface area contributed by atoms with E-state index in [1.54, 1.807) is 29.2 Å². The van der Waals surface area contributed by atoms with Crippen LogP contribution in [0.2, 0.25) is 5.02 Å². The van der Waals surface area contributed by atoms with E-state index in [0.717, 1.165) is 4.60 Å². The van der Waals surface area contributed by atoms with Crippen molar-refractivity contribution in [2.45, 2.75) is 0 Å². The van der Waals surface area contributed by atoms with Gasteiger partial charge in [0, 0.05) is 12.4 Å². The number of nitrogens with one attached hydrogen (secondary N) is 1. The van der Waals surface area contributed by atoms with E-state index in [4.69, 9.17) is 11.6 Å². The number of carbonyl (C=O) groups is 1. The van der Waals surface area contributed by atoms with E-state index >= 15 is 0 Å². The lowest BCUT2D eigenvalue weighted by Gasteiger charge is -2.00. The van der Waals surface area contributed by atoms with Crippen LogP contribution in [0.15, 0.2) is 47.7 Å². The van der Waals surface area contributed by atoms with E-state index in [2.05, 4.69) is 36.0 Å². The van der Waals surface area contributed by atoms with Gasteiger partial charge in [0.15, 0.2) is 12.1 Å². The van der Waals surface area contributed by atoms with Crippen molar-refractivity contribution in [2.75, 3.05) is 0 Å². The Morgan fingerprint density at radius 2 is 2.25 bits per heavy atom. The van der Waals surface area contributed by atoms with Gasteiger partial charge in [-0.3, -0.25) is 4.79 Å². The van der Waals surface area contributed by atoms with Gasteiger partial charge in [0.05, 0.1) is 23.2 Å². The molecule has 1 N–H and O–H groups in total. The maximum absolute atomic E-state index is 9.80. The third-order valence-electron chi connectivity index (χ3n) is 2.16. The van der Waals surface area contributed by atoms with Crippen molar-refractivity contribution in [2.24, 2.45) is 0 Å². The Kier molecular flexibility index (Phi) is 5.03. The molecule has 3 aromatic heterocycles. The number of rotatable bonds is 2. The monoisotopic (exact) mass is 353 g/mol. The number of halogens is 2. The molecule has 0 radical (unpaired) electrons. The maximum atomic E-state index is 9.80. The molecule has 0 spiro atoms. The Bertz CT molecular complexity index is 683. The quantitative estimate of drug-likeness (QED) is 0.718. The van der Waals surface area contributed by atoms with Crippen molar-refractivity contribution >= 4 is 33.8 Å². The highest BCUT2D eigenvalue weighted by Crippen LogP contribution is 2.17. The van der Waals surface area contributed by atoms with Crippen molar-refractivity contribution < 1.29 is 4.79 Å². The van der Waals surface area contributed by atoms with E-state index in [9.17, 15) is 4.79 Å². The van der Waals surface area contributed by atoms with Crippen molar-refractivity contribution in [1.82, 2.24) is 24.7 Å². The largest absolute Gasteiger partial charge is 0.342 e. The zero-order valence-corrected chi connectivity index (χ0v) is 12.4. The fraction of sp³-hybridized carbons (Fsp3) is 0. The Labute approximate surface area is 128 Å². The molecule has 3 aromatic rings. The lowest BCUT2D eigenvalue weighted by molar-refractivity contribution is 0.111. The van der Waals surface area contributed by atoms with Gasteiger partial charge in [0.1, 0.15) is 4.60 Å². The minimum Gasteiger partial charge on any atom is -0.342 e. The van der Waals surface area contributed by atoms with Gasteiger partial charge < -0.3 is 4.98 Å². The fourth-order valence-electron chi connectivity index (χ4n) is 1.30. The summed E-state index contributed by atoms with van der Waals surface area (Å²) in [6, 6.07) is 5.38. The summed E-state index contributed by atoms with van der Waals surface area (Å²) in [5.41, 5.74) is 0.514. The minimum atomic E-state index is 0.514. The molecule has 0 unspecified atom stereocenters. The van der Waals surface area contributed by atoms with Gasteiger partial charge in [0.2, 0.25) is 0 Å². The van der Waals surface area contributed by atoms with Gasteiger partial charge in [-0.25, -0.2) is 14.6 Å². The number of H-pyrrole nitrogens is 1. The zero-order chi connectivity index (χ0) is 14.4. The molecule has 20 heavy (non-hydrogen) atoms. The first-order valence-corrected chi connectivity index (χ1v) is 6.63. The highest BCUT2D eigenvalue weighted by atomic mass is 79.9. The molecule has 0 aliphatic carbocycles. The van der Waals surface area contributed by atoms with Gasteiger partial charge in [-0.2, -0.15) is 5.10 Å². The SMILES string of the molecule is Clc1cccnc1-n1ccc(Br)n1.O=Cc1cnc[nH]1. The molecule has 3 rings (SSSR count). The summed E-state index contributed by atoms with van der Waals surface area (Å²) in [6.07, 6.45) is 7.11. The topological polar surface area (TPSA) is 76.5 Å². The molecule has 6 nitrogen and oxygen atoms in total. The number of aromatic nitrogens is 5. The summed E-state index contributed by atoms with van der Waals surface area (Å²) in [5, 5.41) is 4.71. The number of nitrogens with zero attached hydrogens (tertiary/aromatic N) is 4. The molecule has 0 bridgehead atoms. The average Bonchev–Trinajstić information content (AvgIpc) is 3.11. The number of carbonyl (C=O) groups excluding carboxylic acids is 1. The first kappa shape index (κ1) is 14.4. The normalized spacial score (nSPS) is 9.70. The van der Waals surface area contributed by atoms with Crippen LogP contribution in [-0.2, 0) is 0 Å². The van der Waals surface area contributed by atoms with Crippen molar-refractivity contribution in [3.8, 4) is 5.82 Å². The smallest absolute Gasteiger partial charge is 0.172 e. The van der Waals surface area contributed by atoms with Crippen LogP contribution in [0.25, 0.3) is 5.82 Å². The molecule has 8 heteroatoms. The predicted molar refractivity (Wildman–Crippen MR) is 78.0 cm³/mol. The second-order valence-corrected chi connectivity index (χ2v) is 4.74. The highest BCUT2D eigenvalue weighted by Gasteiger charge is 2.03. The second-order valence-electron chi connectivity index (χ2n) is 3.52.